The highest BCUT2D eigenvalue weighted by Crippen LogP contribution is 2.48. The average molecular weight is 284 g/mol. The number of aromatic nitrogens is 1. The van der Waals surface area contributed by atoms with Gasteiger partial charge in [-0.05, 0) is 35.4 Å². The number of alkyl halides is 3. The van der Waals surface area contributed by atoms with Crippen molar-refractivity contribution in [3.05, 3.63) is 57.8 Å². The molecule has 0 spiro atoms. The minimum absolute atomic E-state index is 0.0814. The molecule has 0 aliphatic carbocycles. The second-order valence-electron chi connectivity index (χ2n) is 4.47. The molecule has 20 heavy (non-hydrogen) atoms. The van der Waals surface area contributed by atoms with Gasteiger partial charge in [-0.15, -0.1) is 0 Å². The monoisotopic (exact) mass is 284 g/mol. The Bertz CT molecular complexity index is 736. The first-order valence-corrected chi connectivity index (χ1v) is 5.72. The number of hydrogen-bond acceptors (Lipinski definition) is 2. The number of H-pyrrole nitrogens is 1. The second-order valence-corrected chi connectivity index (χ2v) is 4.47. The standard InChI is InChI=1S/C13H8F4N2O/c14-6-1-2-9-8(5-6)10(13(15,16)17)7-3-4-18-12(20)11(7)19-9/h1-5,10,19H,(H,18,20). The number of benzene rings is 1. The number of halogens is 4. The van der Waals surface area contributed by atoms with Crippen molar-refractivity contribution >= 4 is 11.4 Å². The van der Waals surface area contributed by atoms with Crippen LogP contribution in [0.4, 0.5) is 28.9 Å². The summed E-state index contributed by atoms with van der Waals surface area (Å²) in [4.78, 5) is 14.0. The number of nitrogens with one attached hydrogen (secondary N) is 2. The van der Waals surface area contributed by atoms with E-state index in [4.69, 9.17) is 0 Å². The molecule has 2 N–H and O–H groups in total. The summed E-state index contributed by atoms with van der Waals surface area (Å²) in [6.07, 6.45) is -3.47. The molecule has 1 aromatic carbocycles. The minimum Gasteiger partial charge on any atom is -0.351 e. The lowest BCUT2D eigenvalue weighted by molar-refractivity contribution is -0.141. The van der Waals surface area contributed by atoms with Crippen LogP contribution in [0.15, 0.2) is 35.3 Å². The molecule has 1 unspecified atom stereocenters. The summed E-state index contributed by atoms with van der Waals surface area (Å²) in [6.45, 7) is 0. The van der Waals surface area contributed by atoms with Crippen LogP contribution < -0.4 is 10.9 Å². The lowest BCUT2D eigenvalue weighted by Gasteiger charge is -2.30. The van der Waals surface area contributed by atoms with Gasteiger partial charge in [-0.3, -0.25) is 4.79 Å². The molecule has 1 atom stereocenters. The van der Waals surface area contributed by atoms with Gasteiger partial charge in [0.1, 0.15) is 17.4 Å². The number of rotatable bonds is 0. The van der Waals surface area contributed by atoms with Crippen molar-refractivity contribution in [1.82, 2.24) is 4.98 Å². The summed E-state index contributed by atoms with van der Waals surface area (Å²) in [5.41, 5.74) is -1.16. The predicted molar refractivity (Wildman–Crippen MR) is 64.6 cm³/mol. The van der Waals surface area contributed by atoms with Gasteiger partial charge in [0, 0.05) is 11.9 Å². The average Bonchev–Trinajstić information content (AvgIpc) is 2.35. The van der Waals surface area contributed by atoms with E-state index < -0.39 is 23.5 Å². The van der Waals surface area contributed by atoms with Gasteiger partial charge in [-0.1, -0.05) is 0 Å². The molecule has 1 aromatic heterocycles. The topological polar surface area (TPSA) is 44.9 Å². The van der Waals surface area contributed by atoms with Crippen molar-refractivity contribution in [2.24, 2.45) is 0 Å². The molecule has 1 aliphatic rings. The van der Waals surface area contributed by atoms with Gasteiger partial charge in [0.25, 0.3) is 5.56 Å². The quantitative estimate of drug-likeness (QED) is 0.729. The van der Waals surface area contributed by atoms with Crippen LogP contribution in [0.5, 0.6) is 0 Å². The molecule has 0 radical (unpaired) electrons. The van der Waals surface area contributed by atoms with Crippen molar-refractivity contribution in [2.75, 3.05) is 5.32 Å². The molecule has 2 heterocycles. The molecular formula is C13H8F4N2O. The smallest absolute Gasteiger partial charge is 0.351 e. The maximum atomic E-state index is 13.3. The van der Waals surface area contributed by atoms with Crippen LogP contribution in [0.1, 0.15) is 17.0 Å². The van der Waals surface area contributed by atoms with E-state index in [9.17, 15) is 22.4 Å². The third-order valence-corrected chi connectivity index (χ3v) is 3.22. The van der Waals surface area contributed by atoms with E-state index >= 15 is 0 Å². The fraction of sp³-hybridized carbons (Fsp3) is 0.154. The largest absolute Gasteiger partial charge is 0.399 e. The second kappa shape index (κ2) is 4.09. The van der Waals surface area contributed by atoms with Crippen LogP contribution in [0.2, 0.25) is 0 Å². The first-order chi connectivity index (χ1) is 9.38. The highest BCUT2D eigenvalue weighted by Gasteiger charge is 2.46. The summed E-state index contributed by atoms with van der Waals surface area (Å²) in [5, 5.41) is 2.63. The lowest BCUT2D eigenvalue weighted by Crippen LogP contribution is -2.29. The number of aromatic amines is 1. The van der Waals surface area contributed by atoms with Crippen LogP contribution in [0.25, 0.3) is 0 Å². The normalized spacial score (nSPS) is 17.1. The molecule has 7 heteroatoms. The summed E-state index contributed by atoms with van der Waals surface area (Å²) < 4.78 is 53.1. The number of anilines is 2. The van der Waals surface area contributed by atoms with E-state index in [2.05, 4.69) is 10.3 Å². The third kappa shape index (κ3) is 1.86. The number of fused-ring (bicyclic) bond motifs is 2. The molecule has 104 valence electrons. The van der Waals surface area contributed by atoms with Crippen molar-refractivity contribution in [1.29, 1.82) is 0 Å². The van der Waals surface area contributed by atoms with Gasteiger partial charge >= 0.3 is 6.18 Å². The molecule has 0 amide bonds. The highest BCUT2D eigenvalue weighted by molar-refractivity contribution is 5.73. The molecular weight excluding hydrogens is 276 g/mol. The molecule has 1 aliphatic heterocycles. The maximum absolute atomic E-state index is 13.3. The highest BCUT2D eigenvalue weighted by atomic mass is 19.4. The van der Waals surface area contributed by atoms with E-state index in [1.807, 2.05) is 0 Å². The van der Waals surface area contributed by atoms with Crippen molar-refractivity contribution in [3.8, 4) is 0 Å². The third-order valence-electron chi connectivity index (χ3n) is 3.22. The summed E-state index contributed by atoms with van der Waals surface area (Å²) in [6, 6.07) is 4.25. The number of hydrogen-bond donors (Lipinski definition) is 2. The molecule has 3 rings (SSSR count). The van der Waals surface area contributed by atoms with Crippen LogP contribution in [0.3, 0.4) is 0 Å². The van der Waals surface area contributed by atoms with Crippen LogP contribution in [0, 0.1) is 5.82 Å². The molecule has 0 bridgehead atoms. The predicted octanol–water partition coefficient (Wildman–Crippen LogP) is 3.27. The molecule has 0 saturated heterocycles. The van der Waals surface area contributed by atoms with Crippen LogP contribution in [-0.2, 0) is 0 Å². The zero-order valence-electron chi connectivity index (χ0n) is 9.88. The van der Waals surface area contributed by atoms with Crippen LogP contribution >= 0.6 is 0 Å². The Morgan fingerprint density at radius 3 is 2.55 bits per heavy atom. The molecule has 0 saturated carbocycles. The van der Waals surface area contributed by atoms with E-state index in [-0.39, 0.29) is 22.5 Å². The Balaban J connectivity index is 2.31. The van der Waals surface area contributed by atoms with E-state index in [1.165, 1.54) is 12.1 Å². The lowest BCUT2D eigenvalue weighted by atomic mass is 9.86. The van der Waals surface area contributed by atoms with Crippen molar-refractivity contribution < 1.29 is 17.6 Å². The van der Waals surface area contributed by atoms with Gasteiger partial charge in [0.2, 0.25) is 0 Å². The summed E-state index contributed by atoms with van der Waals surface area (Å²) in [7, 11) is 0. The van der Waals surface area contributed by atoms with Gasteiger partial charge < -0.3 is 10.3 Å². The first-order valence-electron chi connectivity index (χ1n) is 5.72. The Hall–Kier alpha value is -2.31. The van der Waals surface area contributed by atoms with Gasteiger partial charge in [0.05, 0.1) is 0 Å². The Morgan fingerprint density at radius 1 is 1.10 bits per heavy atom. The fourth-order valence-corrected chi connectivity index (χ4v) is 2.40. The summed E-state index contributed by atoms with van der Waals surface area (Å²) >= 11 is 0. The molecule has 3 nitrogen and oxygen atoms in total. The molecule has 0 fully saturated rings. The van der Waals surface area contributed by atoms with E-state index in [0.717, 1.165) is 18.3 Å². The Kier molecular flexibility index (Phi) is 2.60. The summed E-state index contributed by atoms with van der Waals surface area (Å²) in [5.74, 6) is -2.78. The SMILES string of the molecule is O=c1[nH]ccc2c1Nc1ccc(F)cc1C2C(F)(F)F. The zero-order valence-corrected chi connectivity index (χ0v) is 9.88. The zero-order chi connectivity index (χ0) is 14.5. The van der Waals surface area contributed by atoms with Crippen molar-refractivity contribution in [2.45, 2.75) is 12.1 Å². The van der Waals surface area contributed by atoms with E-state index in [0.29, 0.717) is 0 Å². The van der Waals surface area contributed by atoms with Gasteiger partial charge in [0.15, 0.2) is 0 Å². The van der Waals surface area contributed by atoms with E-state index in [1.54, 1.807) is 0 Å². The first kappa shape index (κ1) is 12.7. The Labute approximate surface area is 110 Å². The number of pyridine rings is 1. The molecule has 2 aromatic rings. The maximum Gasteiger partial charge on any atom is 0.399 e. The van der Waals surface area contributed by atoms with Gasteiger partial charge in [-0.2, -0.15) is 13.2 Å². The van der Waals surface area contributed by atoms with Crippen molar-refractivity contribution in [3.63, 3.8) is 0 Å². The van der Waals surface area contributed by atoms with Crippen LogP contribution in [-0.4, -0.2) is 11.2 Å². The Morgan fingerprint density at radius 2 is 1.85 bits per heavy atom. The van der Waals surface area contributed by atoms with Gasteiger partial charge in [-0.25, -0.2) is 4.39 Å². The minimum atomic E-state index is -4.62. The fourth-order valence-electron chi connectivity index (χ4n) is 2.40.